The molecule has 1 atom stereocenters. The van der Waals surface area contributed by atoms with Gasteiger partial charge in [0.2, 0.25) is 11.8 Å². The van der Waals surface area contributed by atoms with Gasteiger partial charge in [0.15, 0.2) is 0 Å². The van der Waals surface area contributed by atoms with E-state index < -0.39 is 12.0 Å². The lowest BCUT2D eigenvalue weighted by Gasteiger charge is -2.19. The van der Waals surface area contributed by atoms with E-state index in [4.69, 9.17) is 0 Å². The zero-order valence-corrected chi connectivity index (χ0v) is 12.8. The third-order valence-electron chi connectivity index (χ3n) is 2.89. The van der Waals surface area contributed by atoms with Gasteiger partial charge in [0.1, 0.15) is 6.04 Å². The predicted molar refractivity (Wildman–Crippen MR) is 75.9 cm³/mol. The van der Waals surface area contributed by atoms with Crippen LogP contribution in [0.3, 0.4) is 0 Å². The fourth-order valence-electron chi connectivity index (χ4n) is 1.72. The van der Waals surface area contributed by atoms with Crippen molar-refractivity contribution in [2.45, 2.75) is 52.5 Å². The van der Waals surface area contributed by atoms with Gasteiger partial charge in [-0.1, -0.05) is 20.3 Å². The lowest BCUT2D eigenvalue weighted by atomic mass is 10.0. The van der Waals surface area contributed by atoms with Gasteiger partial charge in [-0.15, -0.1) is 0 Å². The van der Waals surface area contributed by atoms with Crippen LogP contribution in [0, 0.1) is 5.92 Å². The molecule has 0 saturated carbocycles. The number of carbonyl (C=O) groups is 3. The predicted octanol–water partition coefficient (Wildman–Crippen LogP) is 0.997. The second-order valence-electron chi connectivity index (χ2n) is 5.11. The molecule has 0 spiro atoms. The summed E-state index contributed by atoms with van der Waals surface area (Å²) in [5.74, 6) is -0.612. The Hall–Kier alpha value is -1.59. The zero-order valence-electron chi connectivity index (χ0n) is 12.8. The number of amides is 2. The number of methoxy groups -OCH3 is 1. The van der Waals surface area contributed by atoms with Gasteiger partial charge in [-0.3, -0.25) is 9.59 Å². The molecule has 0 rings (SSSR count). The Kier molecular flexibility index (Phi) is 9.41. The van der Waals surface area contributed by atoms with Crippen LogP contribution < -0.4 is 10.6 Å². The summed E-state index contributed by atoms with van der Waals surface area (Å²) in [6, 6.07) is -0.591. The molecule has 1 unspecified atom stereocenters. The summed E-state index contributed by atoms with van der Waals surface area (Å²) in [6.45, 7) is 5.82. The van der Waals surface area contributed by atoms with Crippen molar-refractivity contribution in [1.29, 1.82) is 0 Å². The summed E-state index contributed by atoms with van der Waals surface area (Å²) in [5.41, 5.74) is 0. The van der Waals surface area contributed by atoms with Crippen LogP contribution in [-0.2, 0) is 19.1 Å². The average molecular weight is 286 g/mol. The van der Waals surface area contributed by atoms with E-state index in [1.807, 2.05) is 13.8 Å². The normalized spacial score (nSPS) is 11.8. The molecule has 0 aromatic carbocycles. The van der Waals surface area contributed by atoms with Gasteiger partial charge in [-0.05, 0) is 18.8 Å². The lowest BCUT2D eigenvalue weighted by Crippen LogP contribution is -2.44. The van der Waals surface area contributed by atoms with Crippen LogP contribution in [0.5, 0.6) is 0 Å². The molecule has 0 fully saturated rings. The Balaban J connectivity index is 3.86. The molecule has 0 aliphatic rings. The maximum absolute atomic E-state index is 11.7. The van der Waals surface area contributed by atoms with E-state index in [0.29, 0.717) is 13.0 Å². The van der Waals surface area contributed by atoms with Crippen LogP contribution in [0.1, 0.15) is 46.5 Å². The second-order valence-corrected chi connectivity index (χ2v) is 5.11. The molecule has 0 aliphatic heterocycles. The fraction of sp³-hybridized carbons (Fsp3) is 0.786. The molecule has 0 saturated heterocycles. The Morgan fingerprint density at radius 1 is 1.10 bits per heavy atom. The number of nitrogens with one attached hydrogen (secondary N) is 2. The summed E-state index contributed by atoms with van der Waals surface area (Å²) >= 11 is 0. The summed E-state index contributed by atoms with van der Waals surface area (Å²) in [7, 11) is 1.31. The molecule has 0 radical (unpaired) electrons. The highest BCUT2D eigenvalue weighted by atomic mass is 16.5. The number of unbranched alkanes of at least 4 members (excludes halogenated alkanes) is 2. The highest BCUT2D eigenvalue weighted by molar-refractivity contribution is 5.84. The van der Waals surface area contributed by atoms with E-state index in [2.05, 4.69) is 15.4 Å². The highest BCUT2D eigenvalue weighted by Gasteiger charge is 2.24. The van der Waals surface area contributed by atoms with Crippen molar-refractivity contribution in [2.75, 3.05) is 13.7 Å². The monoisotopic (exact) mass is 286 g/mol. The molecule has 2 N–H and O–H groups in total. The highest BCUT2D eigenvalue weighted by Crippen LogP contribution is 2.05. The first kappa shape index (κ1) is 18.4. The summed E-state index contributed by atoms with van der Waals surface area (Å²) < 4.78 is 4.66. The minimum absolute atomic E-state index is 0.00818. The van der Waals surface area contributed by atoms with Gasteiger partial charge in [0.05, 0.1) is 7.11 Å². The number of hydrogen-bond donors (Lipinski definition) is 2. The van der Waals surface area contributed by atoms with Gasteiger partial charge >= 0.3 is 5.97 Å². The maximum atomic E-state index is 11.7. The summed E-state index contributed by atoms with van der Waals surface area (Å²) in [6.07, 6.45) is 2.81. The topological polar surface area (TPSA) is 84.5 Å². The van der Waals surface area contributed by atoms with E-state index in [1.54, 1.807) is 0 Å². The molecular formula is C14H26N2O4. The smallest absolute Gasteiger partial charge is 0.328 e. The standard InChI is InChI=1S/C14H26N2O4/c1-10(2)13(14(19)20-4)16-12(18)8-6-5-7-9-15-11(3)17/h10,13H,5-9H2,1-4H3,(H,15,17)(H,16,18). The molecule has 116 valence electrons. The molecule has 0 bridgehead atoms. The third kappa shape index (κ3) is 8.50. The van der Waals surface area contributed by atoms with Crippen LogP contribution in [0.2, 0.25) is 0 Å². The first-order valence-corrected chi connectivity index (χ1v) is 7.00. The Bertz CT molecular complexity index is 329. The van der Waals surface area contributed by atoms with Gasteiger partial charge in [0.25, 0.3) is 0 Å². The van der Waals surface area contributed by atoms with Gasteiger partial charge < -0.3 is 15.4 Å². The van der Waals surface area contributed by atoms with Crippen molar-refractivity contribution in [3.05, 3.63) is 0 Å². The number of ether oxygens (including phenoxy) is 1. The molecular weight excluding hydrogens is 260 g/mol. The first-order valence-electron chi connectivity index (χ1n) is 7.00. The minimum Gasteiger partial charge on any atom is -0.467 e. The molecule has 0 aliphatic carbocycles. The summed E-state index contributed by atoms with van der Waals surface area (Å²) in [5, 5.41) is 5.40. The van der Waals surface area contributed by atoms with Crippen molar-refractivity contribution in [3.8, 4) is 0 Å². The Labute approximate surface area is 120 Å². The molecule has 6 heteroatoms. The van der Waals surface area contributed by atoms with Crippen molar-refractivity contribution in [3.63, 3.8) is 0 Å². The van der Waals surface area contributed by atoms with E-state index >= 15 is 0 Å². The molecule has 0 aromatic heterocycles. The van der Waals surface area contributed by atoms with Crippen molar-refractivity contribution in [2.24, 2.45) is 5.92 Å². The Morgan fingerprint density at radius 3 is 2.25 bits per heavy atom. The van der Waals surface area contributed by atoms with Crippen LogP contribution in [0.4, 0.5) is 0 Å². The van der Waals surface area contributed by atoms with E-state index in [9.17, 15) is 14.4 Å². The molecule has 2 amide bonds. The average Bonchev–Trinajstić information content (AvgIpc) is 2.38. The van der Waals surface area contributed by atoms with Crippen molar-refractivity contribution >= 4 is 17.8 Å². The molecule has 0 aromatic rings. The molecule has 0 heterocycles. The zero-order chi connectivity index (χ0) is 15.5. The second kappa shape index (κ2) is 10.2. The quantitative estimate of drug-likeness (QED) is 0.489. The van der Waals surface area contributed by atoms with Gasteiger partial charge in [0, 0.05) is 19.9 Å². The summed E-state index contributed by atoms with van der Waals surface area (Å²) in [4.78, 5) is 33.9. The number of hydrogen-bond acceptors (Lipinski definition) is 4. The van der Waals surface area contributed by atoms with E-state index in [-0.39, 0.29) is 17.7 Å². The van der Waals surface area contributed by atoms with Gasteiger partial charge in [-0.2, -0.15) is 0 Å². The van der Waals surface area contributed by atoms with E-state index in [1.165, 1.54) is 14.0 Å². The number of esters is 1. The van der Waals surface area contributed by atoms with E-state index in [0.717, 1.165) is 19.3 Å². The number of rotatable bonds is 9. The van der Waals surface area contributed by atoms with Gasteiger partial charge in [-0.25, -0.2) is 4.79 Å². The lowest BCUT2D eigenvalue weighted by molar-refractivity contribution is -0.146. The SMILES string of the molecule is COC(=O)C(NC(=O)CCCCCNC(C)=O)C(C)C. The Morgan fingerprint density at radius 2 is 1.75 bits per heavy atom. The minimum atomic E-state index is -0.591. The van der Waals surface area contributed by atoms with Crippen LogP contribution >= 0.6 is 0 Å². The maximum Gasteiger partial charge on any atom is 0.328 e. The molecule has 20 heavy (non-hydrogen) atoms. The fourth-order valence-corrected chi connectivity index (χ4v) is 1.72. The number of carbonyl (C=O) groups excluding carboxylic acids is 3. The first-order chi connectivity index (χ1) is 9.38. The molecule has 6 nitrogen and oxygen atoms in total. The third-order valence-corrected chi connectivity index (χ3v) is 2.89. The van der Waals surface area contributed by atoms with Crippen LogP contribution in [0.15, 0.2) is 0 Å². The van der Waals surface area contributed by atoms with Crippen LogP contribution in [0.25, 0.3) is 0 Å². The van der Waals surface area contributed by atoms with Crippen LogP contribution in [-0.4, -0.2) is 37.5 Å². The largest absolute Gasteiger partial charge is 0.467 e. The van der Waals surface area contributed by atoms with Crippen molar-refractivity contribution in [1.82, 2.24) is 10.6 Å². The van der Waals surface area contributed by atoms with Crippen molar-refractivity contribution < 1.29 is 19.1 Å².